The van der Waals surface area contributed by atoms with E-state index in [1.165, 1.54) is 6.26 Å². The number of nitrogens with one attached hydrogen (secondary N) is 3. The van der Waals surface area contributed by atoms with Crippen molar-refractivity contribution < 1.29 is 13.2 Å². The molecular weight excluding hydrogens is 424 g/mol. The predicted octanol–water partition coefficient (Wildman–Crippen LogP) is 3.35. The van der Waals surface area contributed by atoms with E-state index in [1.54, 1.807) is 24.4 Å². The summed E-state index contributed by atoms with van der Waals surface area (Å²) in [6.45, 7) is 5.05. The summed E-state index contributed by atoms with van der Waals surface area (Å²) in [6.07, 6.45) is 2.98. The van der Waals surface area contributed by atoms with Crippen molar-refractivity contribution >= 4 is 37.7 Å². The van der Waals surface area contributed by atoms with Crippen LogP contribution in [0.3, 0.4) is 0 Å². The Labute approximate surface area is 187 Å². The van der Waals surface area contributed by atoms with E-state index in [2.05, 4.69) is 26.7 Å². The van der Waals surface area contributed by atoms with E-state index >= 15 is 0 Å². The highest BCUT2D eigenvalue weighted by atomic mass is 32.2. The van der Waals surface area contributed by atoms with Crippen molar-refractivity contribution in [3.8, 4) is 11.1 Å². The van der Waals surface area contributed by atoms with Gasteiger partial charge in [0.2, 0.25) is 0 Å². The van der Waals surface area contributed by atoms with Crippen LogP contribution >= 0.6 is 0 Å². The molecule has 7 nitrogen and oxygen atoms in total. The molecule has 2 aromatic carbocycles. The topological polar surface area (TPSA) is 104 Å². The number of aromatic nitrogens is 2. The number of carbonyl (C=O) groups is 1. The molecule has 4 rings (SSSR count). The van der Waals surface area contributed by atoms with E-state index in [9.17, 15) is 13.2 Å². The molecule has 166 valence electrons. The first kappa shape index (κ1) is 22.0. The molecule has 3 N–H and O–H groups in total. The Morgan fingerprint density at radius 1 is 1.12 bits per heavy atom. The maximum Gasteiger partial charge on any atom is 0.251 e. The second-order valence-electron chi connectivity index (χ2n) is 8.04. The number of amides is 1. The highest BCUT2D eigenvalue weighted by Crippen LogP contribution is 2.38. The standard InChI is InChI=1S/C24H26N4O3S/c1-14-10-20-21-19(16-6-5-7-17(11-16)32(4,30)31)12-18(24(29)26-9-8-25-3)15(2)22(21)28-23(20)27-13-14/h5-7,10-13,25H,8-9H2,1-4H3,(H,26,29)(H,27,28). The number of hydrogen-bond donors (Lipinski definition) is 3. The molecule has 2 heterocycles. The van der Waals surface area contributed by atoms with Gasteiger partial charge in [-0.1, -0.05) is 12.1 Å². The third kappa shape index (κ3) is 3.99. The lowest BCUT2D eigenvalue weighted by atomic mass is 9.93. The lowest BCUT2D eigenvalue weighted by Crippen LogP contribution is -2.30. The monoisotopic (exact) mass is 450 g/mol. The fraction of sp³-hybridized carbons (Fsp3) is 0.250. The molecular formula is C24H26N4O3S. The number of rotatable bonds is 6. The Morgan fingerprint density at radius 3 is 2.62 bits per heavy atom. The summed E-state index contributed by atoms with van der Waals surface area (Å²) >= 11 is 0. The number of H-pyrrole nitrogens is 1. The molecule has 0 saturated heterocycles. The van der Waals surface area contributed by atoms with Crippen LogP contribution in [0.1, 0.15) is 21.5 Å². The van der Waals surface area contributed by atoms with Gasteiger partial charge in [0.25, 0.3) is 5.91 Å². The molecule has 0 aliphatic carbocycles. The number of aryl methyl sites for hydroxylation is 2. The van der Waals surface area contributed by atoms with Crippen LogP contribution in [0.15, 0.2) is 47.5 Å². The highest BCUT2D eigenvalue weighted by molar-refractivity contribution is 7.90. The summed E-state index contributed by atoms with van der Waals surface area (Å²) in [6, 6.07) is 10.7. The minimum Gasteiger partial charge on any atom is -0.351 e. The second-order valence-corrected chi connectivity index (χ2v) is 10.1. The van der Waals surface area contributed by atoms with Crippen LogP contribution in [0, 0.1) is 13.8 Å². The lowest BCUT2D eigenvalue weighted by molar-refractivity contribution is 0.0953. The van der Waals surface area contributed by atoms with Gasteiger partial charge in [0.05, 0.1) is 10.4 Å². The molecule has 0 radical (unpaired) electrons. The van der Waals surface area contributed by atoms with E-state index in [0.717, 1.165) is 44.2 Å². The molecule has 4 aromatic rings. The van der Waals surface area contributed by atoms with Crippen LogP contribution in [0.4, 0.5) is 0 Å². The number of pyridine rings is 1. The quantitative estimate of drug-likeness (QED) is 0.391. The van der Waals surface area contributed by atoms with Crippen molar-refractivity contribution in [1.29, 1.82) is 0 Å². The van der Waals surface area contributed by atoms with E-state index in [4.69, 9.17) is 0 Å². The van der Waals surface area contributed by atoms with Crippen molar-refractivity contribution in [3.63, 3.8) is 0 Å². The first-order valence-corrected chi connectivity index (χ1v) is 12.2. The van der Waals surface area contributed by atoms with Crippen LogP contribution in [0.5, 0.6) is 0 Å². The van der Waals surface area contributed by atoms with Crippen molar-refractivity contribution in [3.05, 3.63) is 59.3 Å². The molecule has 0 aliphatic rings. The van der Waals surface area contributed by atoms with Gasteiger partial charge in [-0.25, -0.2) is 13.4 Å². The number of likely N-dealkylation sites (N-methyl/N-ethyl adjacent to an activating group) is 1. The molecule has 0 atom stereocenters. The zero-order valence-electron chi connectivity index (χ0n) is 18.5. The molecule has 1 amide bonds. The van der Waals surface area contributed by atoms with Crippen molar-refractivity contribution in [2.24, 2.45) is 0 Å². The molecule has 2 aromatic heterocycles. The lowest BCUT2D eigenvalue weighted by Gasteiger charge is -2.13. The number of hydrogen-bond acceptors (Lipinski definition) is 5. The molecule has 0 saturated carbocycles. The maximum absolute atomic E-state index is 13.0. The third-order valence-electron chi connectivity index (χ3n) is 5.60. The Balaban J connectivity index is 2.03. The average molecular weight is 451 g/mol. The van der Waals surface area contributed by atoms with Gasteiger partial charge in [0, 0.05) is 41.9 Å². The predicted molar refractivity (Wildman–Crippen MR) is 128 cm³/mol. The summed E-state index contributed by atoms with van der Waals surface area (Å²) in [5.74, 6) is -0.178. The van der Waals surface area contributed by atoms with Gasteiger partial charge in [-0.2, -0.15) is 0 Å². The van der Waals surface area contributed by atoms with Gasteiger partial charge in [0.15, 0.2) is 9.84 Å². The number of aromatic amines is 1. The Morgan fingerprint density at radius 2 is 1.91 bits per heavy atom. The average Bonchev–Trinajstić information content (AvgIpc) is 3.13. The largest absolute Gasteiger partial charge is 0.351 e. The van der Waals surface area contributed by atoms with Crippen molar-refractivity contribution in [1.82, 2.24) is 20.6 Å². The molecule has 8 heteroatoms. The number of nitrogens with zero attached hydrogens (tertiary/aromatic N) is 1. The van der Waals surface area contributed by atoms with Crippen molar-refractivity contribution in [2.75, 3.05) is 26.4 Å². The van der Waals surface area contributed by atoms with Gasteiger partial charge in [0.1, 0.15) is 5.65 Å². The van der Waals surface area contributed by atoms with Gasteiger partial charge < -0.3 is 15.6 Å². The molecule has 32 heavy (non-hydrogen) atoms. The van der Waals surface area contributed by atoms with Crippen LogP contribution in [-0.2, 0) is 9.84 Å². The van der Waals surface area contributed by atoms with Crippen LogP contribution < -0.4 is 10.6 Å². The van der Waals surface area contributed by atoms with Crippen LogP contribution in [-0.4, -0.2) is 50.7 Å². The van der Waals surface area contributed by atoms with Gasteiger partial charge in [-0.15, -0.1) is 0 Å². The van der Waals surface area contributed by atoms with Gasteiger partial charge in [-0.3, -0.25) is 4.79 Å². The van der Waals surface area contributed by atoms with Crippen LogP contribution in [0.2, 0.25) is 0 Å². The van der Waals surface area contributed by atoms with Crippen LogP contribution in [0.25, 0.3) is 33.1 Å². The molecule has 0 fully saturated rings. The van der Waals surface area contributed by atoms with Crippen molar-refractivity contribution in [2.45, 2.75) is 18.7 Å². The molecule has 0 unspecified atom stereocenters. The zero-order chi connectivity index (χ0) is 23.0. The second kappa shape index (κ2) is 8.37. The van der Waals surface area contributed by atoms with E-state index in [-0.39, 0.29) is 10.8 Å². The summed E-state index contributed by atoms with van der Waals surface area (Å²) < 4.78 is 24.4. The number of sulfone groups is 1. The first-order chi connectivity index (χ1) is 15.2. The molecule has 0 spiro atoms. The fourth-order valence-corrected chi connectivity index (χ4v) is 4.62. The summed E-state index contributed by atoms with van der Waals surface area (Å²) in [7, 11) is -1.55. The zero-order valence-corrected chi connectivity index (χ0v) is 19.4. The number of carbonyl (C=O) groups excluding carboxylic acids is 1. The third-order valence-corrected chi connectivity index (χ3v) is 6.71. The van der Waals surface area contributed by atoms with E-state index < -0.39 is 9.84 Å². The van der Waals surface area contributed by atoms with E-state index in [0.29, 0.717) is 18.7 Å². The summed E-state index contributed by atoms with van der Waals surface area (Å²) in [4.78, 5) is 21.1. The minimum atomic E-state index is -3.38. The molecule has 0 bridgehead atoms. The number of benzene rings is 2. The van der Waals surface area contributed by atoms with Gasteiger partial charge in [-0.05, 0) is 67.4 Å². The smallest absolute Gasteiger partial charge is 0.251 e. The Hall–Kier alpha value is -3.23. The summed E-state index contributed by atoms with van der Waals surface area (Å²) in [5.41, 5.74) is 5.43. The highest BCUT2D eigenvalue weighted by Gasteiger charge is 2.20. The Bertz CT molecular complexity index is 1460. The number of fused-ring (bicyclic) bond motifs is 3. The van der Waals surface area contributed by atoms with Gasteiger partial charge >= 0.3 is 0 Å². The fourth-order valence-electron chi connectivity index (χ4n) is 3.95. The SMILES string of the molecule is CNCCNC(=O)c1cc(-c2cccc(S(C)(=O)=O)c2)c2c([nH]c3ncc(C)cc32)c1C. The minimum absolute atomic E-state index is 0.178. The first-order valence-electron chi connectivity index (χ1n) is 10.4. The maximum atomic E-state index is 13.0. The van der Waals surface area contributed by atoms with E-state index in [1.807, 2.05) is 33.0 Å². The normalized spacial score (nSPS) is 11.9. The summed E-state index contributed by atoms with van der Waals surface area (Å²) in [5, 5.41) is 7.81. The Kier molecular flexibility index (Phi) is 5.75. The molecule has 0 aliphatic heterocycles.